The number of benzene rings is 1. The Morgan fingerprint density at radius 3 is 1.90 bits per heavy atom. The summed E-state index contributed by atoms with van der Waals surface area (Å²) in [6.45, 7) is 1.40. The predicted octanol–water partition coefficient (Wildman–Crippen LogP) is 1.52. The molecule has 1 aliphatic rings. The number of fused-ring (bicyclic) bond motifs is 1. The molecule has 0 saturated heterocycles. The van der Waals surface area contributed by atoms with Crippen LogP contribution in [-0.2, 0) is 13.1 Å². The van der Waals surface area contributed by atoms with Crippen molar-refractivity contribution in [3.63, 3.8) is 0 Å². The van der Waals surface area contributed by atoms with Gasteiger partial charge in [-0.15, -0.1) is 0 Å². The van der Waals surface area contributed by atoms with Gasteiger partial charge in [-0.05, 0) is 0 Å². The van der Waals surface area contributed by atoms with Gasteiger partial charge in [-0.25, -0.2) is 0 Å². The van der Waals surface area contributed by atoms with Crippen LogP contribution in [0.1, 0.15) is 0 Å². The zero-order chi connectivity index (χ0) is 14.5. The molecule has 1 aromatic carbocycles. The summed E-state index contributed by atoms with van der Waals surface area (Å²) in [4.78, 5) is 32.0. The Bertz CT molecular complexity index is 712. The molecule has 6 heteroatoms. The van der Waals surface area contributed by atoms with Gasteiger partial charge in [0.15, 0.2) is 0 Å². The van der Waals surface area contributed by atoms with Crippen molar-refractivity contribution in [1.29, 1.82) is 0 Å². The molecule has 0 saturated carbocycles. The monoisotopic (exact) mass is 381 g/mol. The van der Waals surface area contributed by atoms with Crippen LogP contribution in [-0.4, -0.2) is 32.3 Å². The van der Waals surface area contributed by atoms with Gasteiger partial charge in [0.2, 0.25) is 0 Å². The Balaban J connectivity index is 2.10. The first-order valence-corrected chi connectivity index (χ1v) is 17.1. The van der Waals surface area contributed by atoms with Gasteiger partial charge < -0.3 is 0 Å². The molecule has 2 aromatic rings. The van der Waals surface area contributed by atoms with Crippen molar-refractivity contribution < 1.29 is 0 Å². The van der Waals surface area contributed by atoms with Gasteiger partial charge in [-0.2, -0.15) is 0 Å². The van der Waals surface area contributed by atoms with E-state index >= 15 is 0 Å². The molecule has 0 N–H and O–H groups in total. The van der Waals surface area contributed by atoms with Crippen molar-refractivity contribution in [2.45, 2.75) is 31.8 Å². The van der Waals surface area contributed by atoms with Gasteiger partial charge in [0.05, 0.1) is 0 Å². The van der Waals surface area contributed by atoms with Crippen LogP contribution in [0.25, 0.3) is 5.69 Å². The molecule has 0 aliphatic carbocycles. The molecule has 0 bridgehead atoms. The van der Waals surface area contributed by atoms with Gasteiger partial charge in [-0.3, -0.25) is 0 Å². The summed E-state index contributed by atoms with van der Waals surface area (Å²) in [6.07, 6.45) is 0. The first-order chi connectivity index (χ1) is 9.39. The van der Waals surface area contributed by atoms with Crippen LogP contribution in [0.5, 0.6) is 0 Å². The Hall–Kier alpha value is -1.24. The fraction of sp³-hybridized carbons (Fsp3) is 0.429. The molecule has 1 aromatic heterocycles. The molecule has 0 unspecified atom stereocenters. The normalized spacial score (nSPS) is 15.6. The Morgan fingerprint density at radius 2 is 1.45 bits per heavy atom. The van der Waals surface area contributed by atoms with Gasteiger partial charge in [0.25, 0.3) is 0 Å². The number of hydrogen-bond donors (Lipinski definition) is 0. The predicted molar refractivity (Wildman–Crippen MR) is 81.4 cm³/mol. The van der Waals surface area contributed by atoms with E-state index in [-0.39, 0.29) is 11.4 Å². The van der Waals surface area contributed by atoms with Crippen LogP contribution >= 0.6 is 0 Å². The SMILES string of the molecule is [CH3][Sn]([CH3])([CH3])[CH]1Cn2c(=O)n(-c3ccccc3)c(=O)n2C1. The fourth-order valence-electron chi connectivity index (χ4n) is 2.69. The van der Waals surface area contributed by atoms with Crippen LogP contribution in [0.3, 0.4) is 0 Å². The summed E-state index contributed by atoms with van der Waals surface area (Å²) in [5, 5.41) is 0. The Labute approximate surface area is 121 Å². The van der Waals surface area contributed by atoms with E-state index in [1.54, 1.807) is 21.5 Å². The number of para-hydroxylation sites is 1. The number of rotatable bonds is 2. The van der Waals surface area contributed by atoms with Gasteiger partial charge in [-0.1, -0.05) is 0 Å². The zero-order valence-corrected chi connectivity index (χ0v) is 14.9. The van der Waals surface area contributed by atoms with Crippen LogP contribution in [0.15, 0.2) is 39.9 Å². The summed E-state index contributed by atoms with van der Waals surface area (Å²) in [5.74, 6) is 0. The molecule has 1 aliphatic heterocycles. The van der Waals surface area contributed by atoms with E-state index in [0.717, 1.165) is 0 Å². The van der Waals surface area contributed by atoms with Crippen molar-refractivity contribution in [3.8, 4) is 5.69 Å². The maximum absolute atomic E-state index is 12.5. The molecule has 20 heavy (non-hydrogen) atoms. The number of hydrogen-bond acceptors (Lipinski definition) is 2. The van der Waals surface area contributed by atoms with E-state index in [1.165, 1.54) is 4.57 Å². The summed E-state index contributed by atoms with van der Waals surface area (Å²) >= 11 is -2.10. The van der Waals surface area contributed by atoms with Crippen LogP contribution in [0.2, 0.25) is 18.8 Å². The van der Waals surface area contributed by atoms with Crippen molar-refractivity contribution >= 4 is 18.4 Å². The van der Waals surface area contributed by atoms with E-state index in [9.17, 15) is 9.59 Å². The number of nitrogens with zero attached hydrogens (tertiary/aromatic N) is 3. The van der Waals surface area contributed by atoms with Crippen molar-refractivity contribution in [3.05, 3.63) is 51.3 Å². The van der Waals surface area contributed by atoms with Crippen LogP contribution < -0.4 is 11.4 Å². The van der Waals surface area contributed by atoms with E-state index in [0.29, 0.717) is 22.7 Å². The van der Waals surface area contributed by atoms with E-state index in [2.05, 4.69) is 14.8 Å². The minimum atomic E-state index is -2.10. The minimum absolute atomic E-state index is 0.209. The molecule has 0 spiro atoms. The third-order valence-electron chi connectivity index (χ3n) is 4.14. The summed E-state index contributed by atoms with van der Waals surface area (Å²) in [6, 6.07) is 9.13. The molecule has 5 nitrogen and oxygen atoms in total. The fourth-order valence-corrected chi connectivity index (χ4v) is 6.81. The molecular weight excluding hydrogens is 361 g/mol. The van der Waals surface area contributed by atoms with E-state index in [4.69, 9.17) is 0 Å². The van der Waals surface area contributed by atoms with Gasteiger partial charge in [0, 0.05) is 0 Å². The summed E-state index contributed by atoms with van der Waals surface area (Å²) < 4.78 is 5.05. The molecule has 0 fully saturated rings. The molecular formula is C14H19N3O2Sn. The first-order valence-electron chi connectivity index (χ1n) is 6.87. The molecule has 3 rings (SSSR count). The molecule has 0 amide bonds. The van der Waals surface area contributed by atoms with E-state index < -0.39 is 18.4 Å². The number of aromatic nitrogens is 3. The van der Waals surface area contributed by atoms with Crippen molar-refractivity contribution in [2.24, 2.45) is 0 Å². The van der Waals surface area contributed by atoms with Crippen LogP contribution in [0.4, 0.5) is 0 Å². The third kappa shape index (κ3) is 2.08. The van der Waals surface area contributed by atoms with Crippen molar-refractivity contribution in [2.75, 3.05) is 0 Å². The van der Waals surface area contributed by atoms with E-state index in [1.807, 2.05) is 18.2 Å². The molecule has 2 heterocycles. The Morgan fingerprint density at radius 1 is 0.950 bits per heavy atom. The van der Waals surface area contributed by atoms with Gasteiger partial charge >= 0.3 is 121 Å². The first kappa shape index (κ1) is 13.7. The van der Waals surface area contributed by atoms with Crippen LogP contribution in [0, 0.1) is 0 Å². The standard InChI is InChI=1S/C11H10N3O2.3CH3.Sn/c15-10-12-7-4-8-13(12)11(16)14(10)9-5-2-1-3-6-9;;;;/h1-6H,7-8H2;3*1H3;. The average molecular weight is 380 g/mol. The second-order valence-corrected chi connectivity index (χ2v) is 22.3. The molecule has 0 radical (unpaired) electrons. The quantitative estimate of drug-likeness (QED) is 0.743. The zero-order valence-electron chi connectivity index (χ0n) is 12.0. The topological polar surface area (TPSA) is 48.9 Å². The maximum atomic E-state index is 12.5. The van der Waals surface area contributed by atoms with Gasteiger partial charge in [0.1, 0.15) is 0 Å². The second kappa shape index (κ2) is 4.65. The second-order valence-electron chi connectivity index (χ2n) is 6.46. The molecule has 106 valence electrons. The third-order valence-corrected chi connectivity index (χ3v) is 12.2. The molecule has 0 atom stereocenters. The van der Waals surface area contributed by atoms with Crippen molar-refractivity contribution in [1.82, 2.24) is 13.9 Å². The Kier molecular flexibility index (Phi) is 3.19. The summed E-state index contributed by atoms with van der Waals surface area (Å²) in [5.41, 5.74) is 0.228. The average Bonchev–Trinajstić information content (AvgIpc) is 2.92. The summed E-state index contributed by atoms with van der Waals surface area (Å²) in [7, 11) is 0.